The molecular weight excluding hydrogens is 336 g/mol. The van der Waals surface area contributed by atoms with Crippen LogP contribution in [0.25, 0.3) is 0 Å². The molecule has 21 heavy (non-hydrogen) atoms. The van der Waals surface area contributed by atoms with Crippen molar-refractivity contribution in [1.29, 1.82) is 0 Å². The third-order valence-corrected chi connectivity index (χ3v) is 3.79. The SMILES string of the molecule is CNC(C)c1ccc(Oc2ccccc2[N+](=O)[O-])c(Br)c1. The molecule has 0 heterocycles. The van der Waals surface area contributed by atoms with Gasteiger partial charge in [0.1, 0.15) is 5.75 Å². The largest absolute Gasteiger partial charge is 0.449 e. The Labute approximate surface area is 131 Å². The molecule has 2 aromatic rings. The van der Waals surface area contributed by atoms with Crippen molar-refractivity contribution in [2.45, 2.75) is 13.0 Å². The van der Waals surface area contributed by atoms with E-state index in [1.807, 2.05) is 26.1 Å². The first-order valence-corrected chi connectivity index (χ1v) is 7.20. The molecule has 1 atom stereocenters. The maximum Gasteiger partial charge on any atom is 0.311 e. The summed E-state index contributed by atoms with van der Waals surface area (Å²) >= 11 is 3.44. The molecule has 0 spiro atoms. The maximum atomic E-state index is 11.0. The van der Waals surface area contributed by atoms with Crippen LogP contribution < -0.4 is 10.1 Å². The van der Waals surface area contributed by atoms with Crippen LogP contribution in [0, 0.1) is 10.1 Å². The van der Waals surface area contributed by atoms with E-state index in [4.69, 9.17) is 4.74 Å². The van der Waals surface area contributed by atoms with Crippen molar-refractivity contribution in [2.24, 2.45) is 0 Å². The Bertz CT molecular complexity index is 661. The van der Waals surface area contributed by atoms with Crippen LogP contribution in [0.15, 0.2) is 46.9 Å². The monoisotopic (exact) mass is 350 g/mol. The number of benzene rings is 2. The lowest BCUT2D eigenvalue weighted by atomic mass is 10.1. The van der Waals surface area contributed by atoms with Gasteiger partial charge < -0.3 is 10.1 Å². The number of nitro benzene ring substituents is 1. The number of ether oxygens (including phenoxy) is 1. The minimum absolute atomic E-state index is 0.0583. The van der Waals surface area contributed by atoms with Crippen molar-refractivity contribution in [3.63, 3.8) is 0 Å². The van der Waals surface area contributed by atoms with Gasteiger partial charge in [0.2, 0.25) is 5.75 Å². The van der Waals surface area contributed by atoms with Gasteiger partial charge in [-0.05, 0) is 53.7 Å². The van der Waals surface area contributed by atoms with Crippen LogP contribution in [-0.4, -0.2) is 12.0 Å². The molecule has 0 aliphatic rings. The summed E-state index contributed by atoms with van der Waals surface area (Å²) in [5.41, 5.74) is 1.04. The average molecular weight is 351 g/mol. The highest BCUT2D eigenvalue weighted by Crippen LogP contribution is 2.35. The first-order chi connectivity index (χ1) is 10.0. The molecule has 2 rings (SSSR count). The van der Waals surface area contributed by atoms with Crippen molar-refractivity contribution in [3.05, 3.63) is 62.6 Å². The summed E-state index contributed by atoms with van der Waals surface area (Å²) in [5, 5.41) is 14.1. The molecule has 6 heteroatoms. The van der Waals surface area contributed by atoms with Gasteiger partial charge in [-0.2, -0.15) is 0 Å². The highest BCUT2D eigenvalue weighted by molar-refractivity contribution is 9.10. The lowest BCUT2D eigenvalue weighted by Gasteiger charge is -2.13. The van der Waals surface area contributed by atoms with Crippen molar-refractivity contribution < 1.29 is 9.66 Å². The second-order valence-corrected chi connectivity index (χ2v) is 5.38. The van der Waals surface area contributed by atoms with Crippen LogP contribution in [0.1, 0.15) is 18.5 Å². The predicted molar refractivity (Wildman–Crippen MR) is 84.8 cm³/mol. The fourth-order valence-electron chi connectivity index (χ4n) is 1.85. The molecule has 1 N–H and O–H groups in total. The van der Waals surface area contributed by atoms with E-state index >= 15 is 0 Å². The van der Waals surface area contributed by atoms with Gasteiger partial charge in [0, 0.05) is 12.1 Å². The van der Waals surface area contributed by atoms with Crippen molar-refractivity contribution >= 4 is 21.6 Å². The smallest absolute Gasteiger partial charge is 0.311 e. The molecule has 0 saturated carbocycles. The van der Waals surface area contributed by atoms with E-state index in [0.29, 0.717) is 5.75 Å². The quantitative estimate of drug-likeness (QED) is 0.639. The minimum Gasteiger partial charge on any atom is -0.449 e. The second kappa shape index (κ2) is 6.69. The van der Waals surface area contributed by atoms with E-state index in [1.165, 1.54) is 6.07 Å². The number of rotatable bonds is 5. The summed E-state index contributed by atoms with van der Waals surface area (Å²) in [6, 6.07) is 12.2. The normalized spacial score (nSPS) is 12.0. The topological polar surface area (TPSA) is 64.4 Å². The molecule has 0 amide bonds. The first-order valence-electron chi connectivity index (χ1n) is 6.41. The fraction of sp³-hybridized carbons (Fsp3) is 0.200. The second-order valence-electron chi connectivity index (χ2n) is 4.53. The Morgan fingerprint density at radius 2 is 1.95 bits per heavy atom. The van der Waals surface area contributed by atoms with Gasteiger partial charge in [0.25, 0.3) is 0 Å². The van der Waals surface area contributed by atoms with E-state index in [1.54, 1.807) is 24.3 Å². The molecule has 0 bridgehead atoms. The van der Waals surface area contributed by atoms with Crippen molar-refractivity contribution in [1.82, 2.24) is 5.32 Å². The summed E-state index contributed by atoms with van der Waals surface area (Å²) in [7, 11) is 1.89. The van der Waals surface area contributed by atoms with E-state index < -0.39 is 4.92 Å². The molecule has 5 nitrogen and oxygen atoms in total. The number of para-hydroxylation sites is 2. The zero-order chi connectivity index (χ0) is 15.4. The number of nitro groups is 1. The molecule has 0 radical (unpaired) electrons. The lowest BCUT2D eigenvalue weighted by Crippen LogP contribution is -2.12. The zero-order valence-electron chi connectivity index (χ0n) is 11.7. The Hall–Kier alpha value is -1.92. The summed E-state index contributed by atoms with van der Waals surface area (Å²) in [4.78, 5) is 10.5. The van der Waals surface area contributed by atoms with E-state index in [9.17, 15) is 10.1 Å². The lowest BCUT2D eigenvalue weighted by molar-refractivity contribution is -0.385. The number of hydrogen-bond donors (Lipinski definition) is 1. The molecule has 2 aromatic carbocycles. The van der Waals surface area contributed by atoms with Crippen LogP contribution >= 0.6 is 15.9 Å². The standard InChI is InChI=1S/C15H15BrN2O3/c1-10(17-2)11-7-8-14(12(16)9-11)21-15-6-4-3-5-13(15)18(19)20/h3-10,17H,1-2H3. The predicted octanol–water partition coefficient (Wildman–Crippen LogP) is 4.43. The molecule has 0 aliphatic heterocycles. The summed E-state index contributed by atoms with van der Waals surface area (Å²) in [5.74, 6) is 0.758. The van der Waals surface area contributed by atoms with Crippen LogP contribution in [0.3, 0.4) is 0 Å². The highest BCUT2D eigenvalue weighted by Gasteiger charge is 2.16. The molecule has 0 aliphatic carbocycles. The van der Waals surface area contributed by atoms with Gasteiger partial charge in [0.15, 0.2) is 0 Å². The van der Waals surface area contributed by atoms with E-state index in [2.05, 4.69) is 21.2 Å². The Balaban J connectivity index is 2.31. The highest BCUT2D eigenvalue weighted by atomic mass is 79.9. The first kappa shape index (κ1) is 15.5. The Morgan fingerprint density at radius 1 is 1.24 bits per heavy atom. The van der Waals surface area contributed by atoms with Gasteiger partial charge in [-0.3, -0.25) is 10.1 Å². The maximum absolute atomic E-state index is 11.0. The average Bonchev–Trinajstić information content (AvgIpc) is 2.48. The van der Waals surface area contributed by atoms with Gasteiger partial charge in [-0.15, -0.1) is 0 Å². The Morgan fingerprint density at radius 3 is 2.57 bits per heavy atom. The summed E-state index contributed by atoms with van der Waals surface area (Å²) < 4.78 is 6.41. The van der Waals surface area contributed by atoms with Gasteiger partial charge in [0.05, 0.1) is 9.40 Å². The molecule has 0 aromatic heterocycles. The van der Waals surface area contributed by atoms with Crippen LogP contribution in [0.5, 0.6) is 11.5 Å². The number of nitrogens with zero attached hydrogens (tertiary/aromatic N) is 1. The van der Waals surface area contributed by atoms with Gasteiger partial charge >= 0.3 is 5.69 Å². The summed E-state index contributed by atoms with van der Waals surface area (Å²) in [6.45, 7) is 2.05. The van der Waals surface area contributed by atoms with Gasteiger partial charge in [-0.1, -0.05) is 18.2 Å². The fourth-order valence-corrected chi connectivity index (χ4v) is 2.33. The molecule has 0 saturated heterocycles. The van der Waals surface area contributed by atoms with Crippen LogP contribution in [-0.2, 0) is 0 Å². The van der Waals surface area contributed by atoms with Crippen LogP contribution in [0.2, 0.25) is 0 Å². The van der Waals surface area contributed by atoms with Crippen molar-refractivity contribution in [2.75, 3.05) is 7.05 Å². The number of hydrogen-bond acceptors (Lipinski definition) is 4. The van der Waals surface area contributed by atoms with E-state index in [-0.39, 0.29) is 17.5 Å². The minimum atomic E-state index is -0.458. The number of halogens is 1. The Kier molecular flexibility index (Phi) is 4.93. The molecule has 110 valence electrons. The zero-order valence-corrected chi connectivity index (χ0v) is 13.3. The van der Waals surface area contributed by atoms with Crippen molar-refractivity contribution in [3.8, 4) is 11.5 Å². The van der Waals surface area contributed by atoms with E-state index in [0.717, 1.165) is 10.0 Å². The molecule has 1 unspecified atom stereocenters. The third kappa shape index (κ3) is 3.59. The summed E-state index contributed by atoms with van der Waals surface area (Å²) in [6.07, 6.45) is 0. The van der Waals surface area contributed by atoms with Crippen LogP contribution in [0.4, 0.5) is 5.69 Å². The van der Waals surface area contributed by atoms with Gasteiger partial charge in [-0.25, -0.2) is 0 Å². The number of nitrogens with one attached hydrogen (secondary N) is 1. The molecule has 0 fully saturated rings. The third-order valence-electron chi connectivity index (χ3n) is 3.17. The molecular formula is C15H15BrN2O3.